The fourth-order valence-electron chi connectivity index (χ4n) is 2.93. The van der Waals surface area contributed by atoms with Gasteiger partial charge in [-0.25, -0.2) is 0 Å². The number of aryl methyl sites for hydroxylation is 1. The first-order valence-electron chi connectivity index (χ1n) is 9.52. The van der Waals surface area contributed by atoms with Crippen molar-refractivity contribution in [3.05, 3.63) is 29.8 Å². The standard InChI is InChI=1S/C20H32N4O2.HI/c1-16(2)10-13-26-14-11-22-20(21-3)23-15-19(25)24-12-6-8-17-7-4-5-9-18(17)24;/h4-5,7,9,16H,6,8,10-15H2,1-3H3,(H2,21,22,23);1H. The first-order chi connectivity index (χ1) is 12.6. The third-order valence-electron chi connectivity index (χ3n) is 4.42. The van der Waals surface area contributed by atoms with Crippen molar-refractivity contribution in [3.8, 4) is 0 Å². The maximum absolute atomic E-state index is 12.6. The number of rotatable bonds is 8. The summed E-state index contributed by atoms with van der Waals surface area (Å²) in [7, 11) is 1.70. The first-order valence-corrected chi connectivity index (χ1v) is 9.52. The number of benzene rings is 1. The van der Waals surface area contributed by atoms with Crippen molar-refractivity contribution in [2.45, 2.75) is 33.1 Å². The number of aliphatic imine (C=N–C) groups is 1. The number of anilines is 1. The molecule has 1 aliphatic heterocycles. The Balaban J connectivity index is 0.00000364. The van der Waals surface area contributed by atoms with Crippen LogP contribution in [0.15, 0.2) is 29.3 Å². The van der Waals surface area contributed by atoms with Crippen LogP contribution in [0.2, 0.25) is 0 Å². The summed E-state index contributed by atoms with van der Waals surface area (Å²) in [6.45, 7) is 7.43. The Morgan fingerprint density at radius 3 is 2.78 bits per heavy atom. The first kappa shape index (κ1) is 23.7. The van der Waals surface area contributed by atoms with Crippen molar-refractivity contribution < 1.29 is 9.53 Å². The predicted octanol–water partition coefficient (Wildman–Crippen LogP) is 2.81. The van der Waals surface area contributed by atoms with Crippen LogP contribution in [0.1, 0.15) is 32.3 Å². The van der Waals surface area contributed by atoms with Crippen molar-refractivity contribution in [1.29, 1.82) is 0 Å². The maximum atomic E-state index is 12.6. The Bertz CT molecular complexity index is 607. The van der Waals surface area contributed by atoms with Gasteiger partial charge in [0.05, 0.1) is 13.2 Å². The second-order valence-corrected chi connectivity index (χ2v) is 6.93. The third-order valence-corrected chi connectivity index (χ3v) is 4.42. The number of hydrogen-bond donors (Lipinski definition) is 2. The summed E-state index contributed by atoms with van der Waals surface area (Å²) in [6.07, 6.45) is 3.11. The summed E-state index contributed by atoms with van der Waals surface area (Å²) in [6, 6.07) is 8.13. The van der Waals surface area contributed by atoms with Crippen LogP contribution in [-0.4, -0.2) is 51.8 Å². The molecule has 2 N–H and O–H groups in total. The molecule has 1 aliphatic rings. The molecule has 0 atom stereocenters. The molecule has 0 saturated carbocycles. The molecule has 2 rings (SSSR count). The van der Waals surface area contributed by atoms with Crippen molar-refractivity contribution >= 4 is 41.5 Å². The van der Waals surface area contributed by atoms with E-state index in [2.05, 4.69) is 35.5 Å². The lowest BCUT2D eigenvalue weighted by molar-refractivity contribution is -0.117. The monoisotopic (exact) mass is 488 g/mol. The van der Waals surface area contributed by atoms with E-state index in [-0.39, 0.29) is 36.4 Å². The average Bonchev–Trinajstić information content (AvgIpc) is 2.65. The molecule has 7 heteroatoms. The Kier molecular flexibility index (Phi) is 11.3. The summed E-state index contributed by atoms with van der Waals surface area (Å²) in [5, 5.41) is 6.28. The number of guanidine groups is 1. The van der Waals surface area contributed by atoms with Gasteiger partial charge in [0.2, 0.25) is 5.91 Å². The third kappa shape index (κ3) is 8.04. The van der Waals surface area contributed by atoms with Gasteiger partial charge in [-0.3, -0.25) is 9.79 Å². The number of nitrogens with zero attached hydrogens (tertiary/aromatic N) is 2. The number of hydrogen-bond acceptors (Lipinski definition) is 3. The van der Waals surface area contributed by atoms with Crippen molar-refractivity contribution in [2.24, 2.45) is 10.9 Å². The normalized spacial score (nSPS) is 13.8. The van der Waals surface area contributed by atoms with E-state index < -0.39 is 0 Å². The Morgan fingerprint density at radius 1 is 1.26 bits per heavy atom. The number of nitrogens with one attached hydrogen (secondary N) is 2. The maximum Gasteiger partial charge on any atom is 0.246 e. The molecule has 1 aromatic rings. The van der Waals surface area contributed by atoms with Crippen LogP contribution in [0.3, 0.4) is 0 Å². The van der Waals surface area contributed by atoms with Gasteiger partial charge in [0.1, 0.15) is 0 Å². The van der Waals surface area contributed by atoms with E-state index in [1.165, 1.54) is 5.56 Å². The number of halogens is 1. The fraction of sp³-hybridized carbons (Fsp3) is 0.600. The average molecular weight is 488 g/mol. The van der Waals surface area contributed by atoms with Gasteiger partial charge in [-0.05, 0) is 36.8 Å². The summed E-state index contributed by atoms with van der Waals surface area (Å²) in [4.78, 5) is 18.6. The van der Waals surface area contributed by atoms with Crippen molar-refractivity contribution in [1.82, 2.24) is 10.6 Å². The zero-order chi connectivity index (χ0) is 18.8. The van der Waals surface area contributed by atoms with E-state index in [9.17, 15) is 4.79 Å². The molecule has 0 saturated heterocycles. The molecule has 6 nitrogen and oxygen atoms in total. The van der Waals surface area contributed by atoms with Crippen LogP contribution in [0, 0.1) is 5.92 Å². The predicted molar refractivity (Wildman–Crippen MR) is 122 cm³/mol. The second-order valence-electron chi connectivity index (χ2n) is 6.93. The van der Waals surface area contributed by atoms with Gasteiger partial charge < -0.3 is 20.3 Å². The number of fused-ring (bicyclic) bond motifs is 1. The summed E-state index contributed by atoms with van der Waals surface area (Å²) < 4.78 is 5.58. The number of para-hydroxylation sites is 1. The number of amides is 1. The van der Waals surface area contributed by atoms with Gasteiger partial charge in [0, 0.05) is 32.4 Å². The topological polar surface area (TPSA) is 66.0 Å². The van der Waals surface area contributed by atoms with E-state index in [4.69, 9.17) is 4.74 Å². The highest BCUT2D eigenvalue weighted by atomic mass is 127. The van der Waals surface area contributed by atoms with Crippen LogP contribution in [0.4, 0.5) is 5.69 Å². The van der Waals surface area contributed by atoms with Gasteiger partial charge in [-0.15, -0.1) is 24.0 Å². The molecule has 27 heavy (non-hydrogen) atoms. The van der Waals surface area contributed by atoms with Crippen LogP contribution < -0.4 is 15.5 Å². The van der Waals surface area contributed by atoms with Crippen LogP contribution in [0.5, 0.6) is 0 Å². The highest BCUT2D eigenvalue weighted by molar-refractivity contribution is 14.0. The highest BCUT2D eigenvalue weighted by Gasteiger charge is 2.21. The van der Waals surface area contributed by atoms with E-state index in [0.29, 0.717) is 25.0 Å². The summed E-state index contributed by atoms with van der Waals surface area (Å²) in [5.41, 5.74) is 2.28. The Hall–Kier alpha value is -1.35. The minimum Gasteiger partial charge on any atom is -0.380 e. The van der Waals surface area contributed by atoms with Gasteiger partial charge in [-0.1, -0.05) is 32.0 Å². The van der Waals surface area contributed by atoms with Gasteiger partial charge >= 0.3 is 0 Å². The SMILES string of the molecule is CN=C(NCCOCCC(C)C)NCC(=O)N1CCCc2ccccc21.I. The van der Waals surface area contributed by atoms with E-state index >= 15 is 0 Å². The zero-order valence-electron chi connectivity index (χ0n) is 16.7. The molecule has 0 spiro atoms. The molecule has 1 heterocycles. The molecule has 0 bridgehead atoms. The quantitative estimate of drug-likeness (QED) is 0.256. The Labute approximate surface area is 180 Å². The summed E-state index contributed by atoms with van der Waals surface area (Å²) in [5.74, 6) is 1.34. The summed E-state index contributed by atoms with van der Waals surface area (Å²) >= 11 is 0. The lowest BCUT2D eigenvalue weighted by Gasteiger charge is -2.29. The molecule has 0 radical (unpaired) electrons. The number of carbonyl (C=O) groups is 1. The van der Waals surface area contributed by atoms with Crippen LogP contribution in [0.25, 0.3) is 0 Å². The minimum atomic E-state index is 0. The lowest BCUT2D eigenvalue weighted by Crippen LogP contribution is -2.46. The largest absolute Gasteiger partial charge is 0.380 e. The molecular formula is C20H33IN4O2. The lowest BCUT2D eigenvalue weighted by atomic mass is 10.0. The molecule has 1 amide bonds. The van der Waals surface area contributed by atoms with Gasteiger partial charge in [-0.2, -0.15) is 0 Å². The molecular weight excluding hydrogens is 455 g/mol. The van der Waals surface area contributed by atoms with Crippen molar-refractivity contribution in [2.75, 3.05) is 44.8 Å². The minimum absolute atomic E-state index is 0. The van der Waals surface area contributed by atoms with Crippen LogP contribution >= 0.6 is 24.0 Å². The highest BCUT2D eigenvalue weighted by Crippen LogP contribution is 2.26. The second kappa shape index (κ2) is 12.9. The molecule has 0 unspecified atom stereocenters. The molecule has 0 aliphatic carbocycles. The molecule has 0 aromatic heterocycles. The fourth-order valence-corrected chi connectivity index (χ4v) is 2.93. The van der Waals surface area contributed by atoms with Crippen molar-refractivity contribution in [3.63, 3.8) is 0 Å². The zero-order valence-corrected chi connectivity index (χ0v) is 19.0. The number of ether oxygens (including phenoxy) is 1. The van der Waals surface area contributed by atoms with Gasteiger partial charge in [0.15, 0.2) is 5.96 Å². The van der Waals surface area contributed by atoms with E-state index in [1.54, 1.807) is 7.05 Å². The Morgan fingerprint density at radius 2 is 2.04 bits per heavy atom. The smallest absolute Gasteiger partial charge is 0.246 e. The number of carbonyl (C=O) groups excluding carboxylic acids is 1. The van der Waals surface area contributed by atoms with E-state index in [0.717, 1.165) is 38.1 Å². The van der Waals surface area contributed by atoms with E-state index in [1.807, 2.05) is 23.1 Å². The molecule has 152 valence electrons. The van der Waals surface area contributed by atoms with Crippen LogP contribution in [-0.2, 0) is 16.0 Å². The molecule has 1 aromatic carbocycles. The van der Waals surface area contributed by atoms with Gasteiger partial charge in [0.25, 0.3) is 0 Å². The molecule has 0 fully saturated rings.